The molecule has 2 N–H and O–H groups in total. The van der Waals surface area contributed by atoms with Gasteiger partial charge < -0.3 is 10.4 Å². The summed E-state index contributed by atoms with van der Waals surface area (Å²) < 4.78 is 0. The lowest BCUT2D eigenvalue weighted by atomic mass is 10.2. The minimum Gasteiger partial charge on any atom is -0.508 e. The lowest BCUT2D eigenvalue weighted by Crippen LogP contribution is -2.20. The first-order valence-corrected chi connectivity index (χ1v) is 9.47. The van der Waals surface area contributed by atoms with E-state index < -0.39 is 0 Å². The highest BCUT2D eigenvalue weighted by molar-refractivity contribution is 6.31. The van der Waals surface area contributed by atoms with E-state index in [4.69, 9.17) is 16.7 Å². The fourth-order valence-corrected chi connectivity index (χ4v) is 2.36. The molecule has 0 saturated carbocycles. The van der Waals surface area contributed by atoms with Gasteiger partial charge in [0.1, 0.15) is 5.75 Å². The molecule has 0 unspecified atom stereocenters. The van der Waals surface area contributed by atoms with Gasteiger partial charge in [-0.2, -0.15) is 5.10 Å². The number of benzene rings is 1. The van der Waals surface area contributed by atoms with Crippen molar-refractivity contribution in [2.45, 2.75) is 33.2 Å². The number of allylic oxidation sites excluding steroid dienone is 6. The topological polar surface area (TPSA) is 47.9 Å². The highest BCUT2D eigenvalue weighted by Crippen LogP contribution is 2.18. The van der Waals surface area contributed by atoms with E-state index in [9.17, 15) is 5.11 Å². The molecule has 0 radical (unpaired) electrons. The molecular formula is C22H30ClN3O. The van der Waals surface area contributed by atoms with Crippen LogP contribution in [0.5, 0.6) is 5.75 Å². The maximum atomic E-state index is 9.51. The molecule has 27 heavy (non-hydrogen) atoms. The van der Waals surface area contributed by atoms with Gasteiger partial charge in [-0.1, -0.05) is 55.5 Å². The van der Waals surface area contributed by atoms with E-state index in [-0.39, 0.29) is 5.75 Å². The molecule has 5 heteroatoms. The van der Waals surface area contributed by atoms with Crippen LogP contribution in [0.15, 0.2) is 76.6 Å². The Morgan fingerprint density at radius 1 is 1.30 bits per heavy atom. The van der Waals surface area contributed by atoms with Gasteiger partial charge in [0, 0.05) is 23.7 Å². The maximum Gasteiger partial charge on any atom is 0.115 e. The van der Waals surface area contributed by atoms with E-state index in [0.29, 0.717) is 11.6 Å². The number of hydrazone groups is 1. The summed E-state index contributed by atoms with van der Waals surface area (Å²) >= 11 is 5.95. The SMILES string of the molecule is C=C\C(Cl)=C/C=C(C)/C=N/N(Cc1ccc(O)cc1)/C(=C/CC)CCNC. The predicted molar refractivity (Wildman–Crippen MR) is 117 cm³/mol. The summed E-state index contributed by atoms with van der Waals surface area (Å²) in [6.45, 7) is 9.23. The molecule has 1 aromatic rings. The Morgan fingerprint density at radius 3 is 2.59 bits per heavy atom. The Balaban J connectivity index is 3.07. The van der Waals surface area contributed by atoms with Crippen LogP contribution in [0.25, 0.3) is 0 Å². The molecule has 0 bridgehead atoms. The van der Waals surface area contributed by atoms with Gasteiger partial charge in [0.2, 0.25) is 0 Å². The largest absolute Gasteiger partial charge is 0.508 e. The van der Waals surface area contributed by atoms with E-state index in [2.05, 4.69) is 24.9 Å². The first-order chi connectivity index (χ1) is 13.0. The summed E-state index contributed by atoms with van der Waals surface area (Å²) in [6.07, 6.45) is 11.1. The van der Waals surface area contributed by atoms with Crippen LogP contribution in [0, 0.1) is 0 Å². The second-order valence-electron chi connectivity index (χ2n) is 6.09. The number of hydrogen-bond acceptors (Lipinski definition) is 4. The van der Waals surface area contributed by atoms with Crippen LogP contribution in [-0.2, 0) is 6.54 Å². The van der Waals surface area contributed by atoms with Gasteiger partial charge >= 0.3 is 0 Å². The average Bonchev–Trinajstić information content (AvgIpc) is 2.68. The van der Waals surface area contributed by atoms with E-state index in [1.165, 1.54) is 0 Å². The number of nitrogens with zero attached hydrogens (tertiary/aromatic N) is 2. The van der Waals surface area contributed by atoms with Gasteiger partial charge in [0.05, 0.1) is 12.8 Å². The van der Waals surface area contributed by atoms with E-state index in [0.717, 1.165) is 36.2 Å². The fourth-order valence-electron chi connectivity index (χ4n) is 2.30. The van der Waals surface area contributed by atoms with Crippen LogP contribution >= 0.6 is 11.6 Å². The Morgan fingerprint density at radius 2 is 2.00 bits per heavy atom. The number of nitrogens with one attached hydrogen (secondary N) is 1. The van der Waals surface area contributed by atoms with Crippen molar-refractivity contribution in [2.75, 3.05) is 13.6 Å². The minimum atomic E-state index is 0.262. The van der Waals surface area contributed by atoms with E-state index in [1.54, 1.807) is 24.3 Å². The molecule has 0 spiro atoms. The summed E-state index contributed by atoms with van der Waals surface area (Å²) in [5, 5.41) is 20.0. The molecule has 0 aliphatic carbocycles. The number of phenolic OH excluding ortho intramolecular Hbond substituents is 1. The second kappa shape index (κ2) is 13.0. The fraction of sp³-hybridized carbons (Fsp3) is 0.318. The lowest BCUT2D eigenvalue weighted by molar-refractivity contribution is 0.342. The molecule has 0 aliphatic rings. The Bertz CT molecular complexity index is 703. The smallest absolute Gasteiger partial charge is 0.115 e. The molecule has 0 atom stereocenters. The number of hydrogen-bond donors (Lipinski definition) is 2. The summed E-state index contributed by atoms with van der Waals surface area (Å²) in [7, 11) is 1.94. The third kappa shape index (κ3) is 9.27. The standard InChI is InChI=1S/C22H30ClN3O/c1-5-7-21(14-15-24-4)26(17-19-9-12-22(27)13-10-19)25-16-18(3)8-11-20(23)6-2/h6-13,16,24,27H,2,5,14-15,17H2,1,3-4H3/b18-8+,20-11+,21-7+,25-16+. The van der Waals surface area contributed by atoms with Crippen molar-refractivity contribution in [1.29, 1.82) is 0 Å². The molecule has 4 nitrogen and oxygen atoms in total. The summed E-state index contributed by atoms with van der Waals surface area (Å²) in [5.41, 5.74) is 3.21. The third-order valence-electron chi connectivity index (χ3n) is 3.77. The van der Waals surface area contributed by atoms with Crippen molar-refractivity contribution in [3.8, 4) is 5.75 Å². The van der Waals surface area contributed by atoms with Crippen molar-refractivity contribution in [1.82, 2.24) is 10.3 Å². The molecule has 0 aliphatic heterocycles. The van der Waals surface area contributed by atoms with Crippen LogP contribution in [0.2, 0.25) is 0 Å². The Labute approximate surface area is 168 Å². The van der Waals surface area contributed by atoms with Gasteiger partial charge in [-0.15, -0.1) is 0 Å². The molecule has 0 fully saturated rings. The number of halogens is 1. The normalized spacial score (nSPS) is 13.3. The summed E-state index contributed by atoms with van der Waals surface area (Å²) in [4.78, 5) is 0. The molecule has 0 heterocycles. The summed E-state index contributed by atoms with van der Waals surface area (Å²) in [6, 6.07) is 7.21. The minimum absolute atomic E-state index is 0.262. The summed E-state index contributed by atoms with van der Waals surface area (Å²) in [5.74, 6) is 0.262. The zero-order valence-electron chi connectivity index (χ0n) is 16.5. The van der Waals surface area contributed by atoms with Gasteiger partial charge in [-0.3, -0.25) is 5.01 Å². The Kier molecular flexibility index (Phi) is 10.9. The average molecular weight is 388 g/mol. The van der Waals surface area contributed by atoms with E-state index >= 15 is 0 Å². The van der Waals surface area contributed by atoms with Gasteiger partial charge in [-0.25, -0.2) is 0 Å². The van der Waals surface area contributed by atoms with Gasteiger partial charge in [-0.05, 0) is 49.7 Å². The second-order valence-corrected chi connectivity index (χ2v) is 6.53. The third-order valence-corrected chi connectivity index (χ3v) is 4.05. The molecule has 0 saturated heterocycles. The maximum absolute atomic E-state index is 9.51. The highest BCUT2D eigenvalue weighted by atomic mass is 35.5. The van der Waals surface area contributed by atoms with Crippen molar-refractivity contribution in [3.63, 3.8) is 0 Å². The quantitative estimate of drug-likeness (QED) is 0.306. The van der Waals surface area contributed by atoms with Crippen molar-refractivity contribution < 1.29 is 5.11 Å². The monoisotopic (exact) mass is 387 g/mol. The van der Waals surface area contributed by atoms with Crippen molar-refractivity contribution in [3.05, 3.63) is 77.0 Å². The van der Waals surface area contributed by atoms with Crippen molar-refractivity contribution >= 4 is 17.8 Å². The first kappa shape index (κ1) is 22.7. The zero-order valence-corrected chi connectivity index (χ0v) is 17.2. The Hall–Kier alpha value is -2.30. The van der Waals surface area contributed by atoms with Gasteiger partial charge in [0.15, 0.2) is 0 Å². The molecule has 146 valence electrons. The van der Waals surface area contributed by atoms with Crippen LogP contribution in [0.1, 0.15) is 32.3 Å². The van der Waals surface area contributed by atoms with Crippen LogP contribution in [0.3, 0.4) is 0 Å². The van der Waals surface area contributed by atoms with E-state index in [1.807, 2.05) is 43.4 Å². The first-order valence-electron chi connectivity index (χ1n) is 9.09. The molecule has 1 rings (SSSR count). The number of rotatable bonds is 11. The van der Waals surface area contributed by atoms with Crippen LogP contribution < -0.4 is 5.32 Å². The predicted octanol–water partition coefficient (Wildman–Crippen LogP) is 5.34. The zero-order chi connectivity index (χ0) is 20.1. The molecule has 0 amide bonds. The number of aromatic hydroxyl groups is 1. The molecule has 1 aromatic carbocycles. The van der Waals surface area contributed by atoms with Crippen LogP contribution in [0.4, 0.5) is 0 Å². The number of phenols is 1. The van der Waals surface area contributed by atoms with Crippen molar-refractivity contribution in [2.24, 2.45) is 5.10 Å². The highest BCUT2D eigenvalue weighted by Gasteiger charge is 2.09. The molecule has 0 aromatic heterocycles. The lowest BCUT2D eigenvalue weighted by Gasteiger charge is -2.23. The van der Waals surface area contributed by atoms with Crippen LogP contribution in [-0.4, -0.2) is 29.9 Å². The van der Waals surface area contributed by atoms with Gasteiger partial charge in [0.25, 0.3) is 0 Å². The molecular weight excluding hydrogens is 358 g/mol.